The average Bonchev–Trinajstić information content (AvgIpc) is 3.02. The summed E-state index contributed by atoms with van der Waals surface area (Å²) >= 11 is 0. The number of carbonyl (C=O) groups excluding carboxylic acids is 1. The predicted octanol–water partition coefficient (Wildman–Crippen LogP) is 4.57. The third-order valence-corrected chi connectivity index (χ3v) is 5.50. The van der Waals surface area contributed by atoms with Gasteiger partial charge in [0, 0.05) is 12.2 Å². The van der Waals surface area contributed by atoms with E-state index in [1.165, 1.54) is 5.56 Å². The summed E-state index contributed by atoms with van der Waals surface area (Å²) in [4.78, 5) is 19.5. The van der Waals surface area contributed by atoms with Gasteiger partial charge in [-0.25, -0.2) is 0 Å². The van der Waals surface area contributed by atoms with Crippen LogP contribution in [-0.4, -0.2) is 41.5 Å². The molecule has 0 spiro atoms. The molecule has 0 saturated carbocycles. The Morgan fingerprint density at radius 1 is 1.17 bits per heavy atom. The van der Waals surface area contributed by atoms with Gasteiger partial charge in [0.05, 0.1) is 25.3 Å². The van der Waals surface area contributed by atoms with Gasteiger partial charge in [0.2, 0.25) is 5.91 Å². The van der Waals surface area contributed by atoms with Crippen LogP contribution >= 0.6 is 12.4 Å². The van der Waals surface area contributed by atoms with Gasteiger partial charge in [-0.15, -0.1) is 12.4 Å². The Labute approximate surface area is 186 Å². The average molecular weight is 432 g/mol. The molecule has 1 aromatic heterocycles. The van der Waals surface area contributed by atoms with E-state index in [2.05, 4.69) is 36.3 Å². The standard InChI is InChI=1S/C24H33N3O2.ClH/c1-19(2)20-8-10-23(11-9-20)29-17-13-24(28)27(18-21-6-3-4-15-26-21)22-7-5-14-25-16-12-22;/h3-4,6,8-11,15,19,22,25H,5,7,12-14,16-18H2,1-2H3;1H. The van der Waals surface area contributed by atoms with Crippen molar-refractivity contribution in [1.29, 1.82) is 0 Å². The van der Waals surface area contributed by atoms with E-state index in [9.17, 15) is 4.79 Å². The van der Waals surface area contributed by atoms with Crippen molar-refractivity contribution in [3.05, 3.63) is 59.9 Å². The van der Waals surface area contributed by atoms with Crippen LogP contribution in [0.2, 0.25) is 0 Å². The summed E-state index contributed by atoms with van der Waals surface area (Å²) in [6.45, 7) is 7.28. The first-order valence-electron chi connectivity index (χ1n) is 10.8. The van der Waals surface area contributed by atoms with Crippen molar-refractivity contribution in [1.82, 2.24) is 15.2 Å². The van der Waals surface area contributed by atoms with E-state index >= 15 is 0 Å². The van der Waals surface area contributed by atoms with Crippen molar-refractivity contribution in [2.24, 2.45) is 0 Å². The summed E-state index contributed by atoms with van der Waals surface area (Å²) in [7, 11) is 0. The zero-order valence-corrected chi connectivity index (χ0v) is 18.9. The van der Waals surface area contributed by atoms with Gasteiger partial charge in [-0.05, 0) is 68.1 Å². The fourth-order valence-corrected chi connectivity index (χ4v) is 3.75. The van der Waals surface area contributed by atoms with Gasteiger partial charge in [-0.2, -0.15) is 0 Å². The molecule has 30 heavy (non-hydrogen) atoms. The van der Waals surface area contributed by atoms with Crippen molar-refractivity contribution in [2.45, 2.75) is 58.0 Å². The lowest BCUT2D eigenvalue weighted by Gasteiger charge is -2.31. The maximum atomic E-state index is 13.1. The van der Waals surface area contributed by atoms with Crippen LogP contribution in [0.15, 0.2) is 48.7 Å². The minimum absolute atomic E-state index is 0. The molecule has 3 rings (SSSR count). The Hall–Kier alpha value is -2.11. The number of benzene rings is 1. The van der Waals surface area contributed by atoms with Gasteiger partial charge in [0.25, 0.3) is 0 Å². The molecule has 1 saturated heterocycles. The van der Waals surface area contributed by atoms with Crippen LogP contribution in [0.1, 0.15) is 56.7 Å². The second-order valence-electron chi connectivity index (χ2n) is 8.00. The molecule has 0 aliphatic carbocycles. The number of ether oxygens (including phenoxy) is 1. The fraction of sp³-hybridized carbons (Fsp3) is 0.500. The molecular weight excluding hydrogens is 398 g/mol. The fourth-order valence-electron chi connectivity index (χ4n) is 3.75. The Morgan fingerprint density at radius 3 is 2.67 bits per heavy atom. The van der Waals surface area contributed by atoms with Crippen LogP contribution in [0.3, 0.4) is 0 Å². The van der Waals surface area contributed by atoms with E-state index < -0.39 is 0 Å². The molecule has 2 heterocycles. The predicted molar refractivity (Wildman–Crippen MR) is 123 cm³/mol. The van der Waals surface area contributed by atoms with Crippen LogP contribution in [0.5, 0.6) is 5.75 Å². The maximum absolute atomic E-state index is 13.1. The van der Waals surface area contributed by atoms with Gasteiger partial charge in [0.1, 0.15) is 5.75 Å². The monoisotopic (exact) mass is 431 g/mol. The minimum atomic E-state index is 0. The lowest BCUT2D eigenvalue weighted by molar-refractivity contribution is -0.135. The summed E-state index contributed by atoms with van der Waals surface area (Å²) in [6, 6.07) is 14.3. The Balaban J connectivity index is 0.00000320. The molecule has 1 aliphatic heterocycles. The molecule has 1 atom stereocenters. The number of rotatable bonds is 8. The second kappa shape index (κ2) is 12.6. The number of halogens is 1. The highest BCUT2D eigenvalue weighted by molar-refractivity contribution is 5.85. The topological polar surface area (TPSA) is 54.5 Å². The Kier molecular flexibility index (Phi) is 10.1. The first kappa shape index (κ1) is 24.2. The number of nitrogens with zero attached hydrogens (tertiary/aromatic N) is 2. The number of hydrogen-bond acceptors (Lipinski definition) is 4. The molecule has 2 aromatic rings. The highest BCUT2D eigenvalue weighted by Gasteiger charge is 2.25. The van der Waals surface area contributed by atoms with Crippen LogP contribution in [0.25, 0.3) is 0 Å². The number of amides is 1. The molecule has 164 valence electrons. The van der Waals surface area contributed by atoms with Crippen molar-refractivity contribution in [3.63, 3.8) is 0 Å². The van der Waals surface area contributed by atoms with Crippen LogP contribution in [-0.2, 0) is 11.3 Å². The minimum Gasteiger partial charge on any atom is -0.493 e. The molecule has 1 unspecified atom stereocenters. The van der Waals surface area contributed by atoms with Gasteiger partial charge < -0.3 is 15.0 Å². The molecule has 1 aromatic carbocycles. The van der Waals surface area contributed by atoms with Crippen LogP contribution < -0.4 is 10.1 Å². The summed E-state index contributed by atoms with van der Waals surface area (Å²) in [5.74, 6) is 1.46. The normalized spacial score (nSPS) is 16.4. The summed E-state index contributed by atoms with van der Waals surface area (Å²) < 4.78 is 5.85. The summed E-state index contributed by atoms with van der Waals surface area (Å²) in [5, 5.41) is 3.43. The second-order valence-corrected chi connectivity index (χ2v) is 8.00. The van der Waals surface area contributed by atoms with E-state index in [0.717, 1.165) is 43.8 Å². The lowest BCUT2D eigenvalue weighted by Crippen LogP contribution is -2.41. The smallest absolute Gasteiger partial charge is 0.226 e. The zero-order chi connectivity index (χ0) is 20.5. The number of nitrogens with one attached hydrogen (secondary N) is 1. The van der Waals surface area contributed by atoms with Crippen LogP contribution in [0.4, 0.5) is 0 Å². The number of pyridine rings is 1. The zero-order valence-electron chi connectivity index (χ0n) is 18.0. The first-order chi connectivity index (χ1) is 14.1. The molecular formula is C24H34ClN3O2. The number of carbonyl (C=O) groups is 1. The van der Waals surface area contributed by atoms with Crippen molar-refractivity contribution < 1.29 is 9.53 Å². The SMILES string of the molecule is CC(C)c1ccc(OCCC(=O)N(Cc2ccccn2)C2CCCNCC2)cc1.Cl. The molecule has 0 bridgehead atoms. The molecule has 1 aliphatic rings. The van der Waals surface area contributed by atoms with Crippen molar-refractivity contribution >= 4 is 18.3 Å². The number of aromatic nitrogens is 1. The summed E-state index contributed by atoms with van der Waals surface area (Å²) in [6.07, 6.45) is 5.27. The lowest BCUT2D eigenvalue weighted by atomic mass is 10.0. The first-order valence-corrected chi connectivity index (χ1v) is 10.8. The van der Waals surface area contributed by atoms with E-state index in [4.69, 9.17) is 4.74 Å². The Morgan fingerprint density at radius 2 is 1.97 bits per heavy atom. The van der Waals surface area contributed by atoms with Gasteiger partial charge in [-0.3, -0.25) is 9.78 Å². The van der Waals surface area contributed by atoms with Gasteiger partial charge in [-0.1, -0.05) is 32.0 Å². The molecule has 5 nitrogen and oxygen atoms in total. The van der Waals surface area contributed by atoms with E-state index in [1.807, 2.05) is 35.2 Å². The molecule has 1 fully saturated rings. The van der Waals surface area contributed by atoms with E-state index in [1.54, 1.807) is 6.20 Å². The highest BCUT2D eigenvalue weighted by Crippen LogP contribution is 2.20. The third kappa shape index (κ3) is 7.29. The molecule has 1 N–H and O–H groups in total. The largest absolute Gasteiger partial charge is 0.493 e. The quantitative estimate of drug-likeness (QED) is 0.665. The van der Waals surface area contributed by atoms with Crippen molar-refractivity contribution in [2.75, 3.05) is 19.7 Å². The van der Waals surface area contributed by atoms with Gasteiger partial charge in [0.15, 0.2) is 0 Å². The van der Waals surface area contributed by atoms with E-state index in [-0.39, 0.29) is 24.4 Å². The molecule has 6 heteroatoms. The van der Waals surface area contributed by atoms with Crippen LogP contribution in [0, 0.1) is 0 Å². The van der Waals surface area contributed by atoms with E-state index in [0.29, 0.717) is 25.5 Å². The third-order valence-electron chi connectivity index (χ3n) is 5.50. The van der Waals surface area contributed by atoms with Crippen molar-refractivity contribution in [3.8, 4) is 5.75 Å². The highest BCUT2D eigenvalue weighted by atomic mass is 35.5. The maximum Gasteiger partial charge on any atom is 0.226 e. The molecule has 0 radical (unpaired) electrons. The van der Waals surface area contributed by atoms with Gasteiger partial charge >= 0.3 is 0 Å². The number of hydrogen-bond donors (Lipinski definition) is 1. The Bertz CT molecular complexity index is 745. The molecule has 1 amide bonds. The summed E-state index contributed by atoms with van der Waals surface area (Å²) in [5.41, 5.74) is 2.22.